The van der Waals surface area contributed by atoms with E-state index in [1.165, 1.54) is 34.0 Å². The number of fused-ring (bicyclic) bond motifs is 1. The topological polar surface area (TPSA) is 12.0 Å². The molecule has 1 aliphatic carbocycles. The summed E-state index contributed by atoms with van der Waals surface area (Å²) in [5, 5.41) is 3.76. The summed E-state index contributed by atoms with van der Waals surface area (Å²) >= 11 is 3.55. The smallest absolute Gasteiger partial charge is 0.0331 e. The number of hydrogen-bond donors (Lipinski definition) is 1. The van der Waals surface area contributed by atoms with Crippen molar-refractivity contribution in [2.75, 3.05) is 0 Å². The third kappa shape index (κ3) is 2.75. The van der Waals surface area contributed by atoms with E-state index in [1.54, 1.807) is 0 Å². The Kier molecular flexibility index (Phi) is 3.72. The van der Waals surface area contributed by atoms with Gasteiger partial charge in [-0.1, -0.05) is 52.3 Å². The van der Waals surface area contributed by atoms with Gasteiger partial charge >= 0.3 is 0 Å². The average Bonchev–Trinajstić information content (AvgIpc) is 2.82. The zero-order chi connectivity index (χ0) is 13.2. The molecule has 1 nitrogen and oxygen atoms in total. The number of nitrogens with one attached hydrogen (secondary N) is 1. The van der Waals surface area contributed by atoms with Crippen LogP contribution in [-0.2, 0) is 6.42 Å². The predicted octanol–water partition coefficient (Wildman–Crippen LogP) is 4.79. The maximum atomic E-state index is 3.76. The fourth-order valence-electron chi connectivity index (χ4n) is 2.90. The maximum absolute atomic E-state index is 3.76. The van der Waals surface area contributed by atoms with Crippen molar-refractivity contribution in [1.29, 1.82) is 0 Å². The van der Waals surface area contributed by atoms with E-state index in [9.17, 15) is 0 Å². The molecule has 0 saturated carbocycles. The van der Waals surface area contributed by atoms with Crippen LogP contribution in [0, 0.1) is 0 Å². The van der Waals surface area contributed by atoms with Crippen LogP contribution in [0.1, 0.15) is 42.1 Å². The van der Waals surface area contributed by atoms with Gasteiger partial charge in [0.15, 0.2) is 0 Å². The molecule has 0 spiro atoms. The lowest BCUT2D eigenvalue weighted by molar-refractivity contribution is 0.465. The van der Waals surface area contributed by atoms with E-state index in [-0.39, 0.29) is 0 Å². The van der Waals surface area contributed by atoms with Crippen LogP contribution < -0.4 is 5.32 Å². The number of rotatable bonds is 3. The minimum atomic E-state index is 0.390. The molecular weight excluding hydrogens is 298 g/mol. The first kappa shape index (κ1) is 12.9. The molecule has 2 atom stereocenters. The molecule has 0 aromatic heterocycles. The lowest BCUT2D eigenvalue weighted by Crippen LogP contribution is -2.22. The zero-order valence-electron chi connectivity index (χ0n) is 11.1. The summed E-state index contributed by atoms with van der Waals surface area (Å²) < 4.78 is 1.18. The van der Waals surface area contributed by atoms with Crippen molar-refractivity contribution >= 4 is 15.9 Å². The van der Waals surface area contributed by atoms with Gasteiger partial charge in [0.2, 0.25) is 0 Å². The van der Waals surface area contributed by atoms with E-state index in [0.29, 0.717) is 12.1 Å². The van der Waals surface area contributed by atoms with Gasteiger partial charge in [0, 0.05) is 16.6 Å². The number of aryl methyl sites for hydroxylation is 1. The summed E-state index contributed by atoms with van der Waals surface area (Å²) in [7, 11) is 0. The summed E-state index contributed by atoms with van der Waals surface area (Å²) in [6.45, 7) is 2.24. The lowest BCUT2D eigenvalue weighted by atomic mass is 10.0. The molecule has 0 saturated heterocycles. The average molecular weight is 316 g/mol. The van der Waals surface area contributed by atoms with Gasteiger partial charge in [-0.25, -0.2) is 0 Å². The van der Waals surface area contributed by atoms with Gasteiger partial charge in [-0.3, -0.25) is 0 Å². The Balaban J connectivity index is 1.76. The van der Waals surface area contributed by atoms with E-state index >= 15 is 0 Å². The van der Waals surface area contributed by atoms with Gasteiger partial charge in [-0.2, -0.15) is 0 Å². The fourth-order valence-corrected chi connectivity index (χ4v) is 3.31. The first-order valence-electron chi connectivity index (χ1n) is 6.83. The molecule has 0 fully saturated rings. The van der Waals surface area contributed by atoms with Gasteiger partial charge in [0.25, 0.3) is 0 Å². The molecule has 19 heavy (non-hydrogen) atoms. The molecule has 2 aromatic rings. The Labute approximate surface area is 123 Å². The van der Waals surface area contributed by atoms with E-state index in [4.69, 9.17) is 0 Å². The molecule has 3 rings (SSSR count). The second-order valence-electron chi connectivity index (χ2n) is 5.23. The third-order valence-electron chi connectivity index (χ3n) is 3.93. The van der Waals surface area contributed by atoms with E-state index in [1.807, 2.05) is 0 Å². The Morgan fingerprint density at radius 3 is 2.74 bits per heavy atom. The molecule has 0 amide bonds. The van der Waals surface area contributed by atoms with Crippen LogP contribution in [0.2, 0.25) is 0 Å². The first-order valence-corrected chi connectivity index (χ1v) is 7.62. The van der Waals surface area contributed by atoms with Gasteiger partial charge in [0.05, 0.1) is 0 Å². The highest BCUT2D eigenvalue weighted by atomic mass is 79.9. The molecule has 2 aromatic carbocycles. The Morgan fingerprint density at radius 1 is 1.16 bits per heavy atom. The van der Waals surface area contributed by atoms with Gasteiger partial charge in [-0.15, -0.1) is 0 Å². The van der Waals surface area contributed by atoms with Gasteiger partial charge in [-0.05, 0) is 48.6 Å². The molecule has 2 unspecified atom stereocenters. The fraction of sp³-hybridized carbons (Fsp3) is 0.294. The van der Waals surface area contributed by atoms with Crippen LogP contribution in [0.3, 0.4) is 0 Å². The second-order valence-corrected chi connectivity index (χ2v) is 6.15. The summed E-state index contributed by atoms with van der Waals surface area (Å²) in [4.78, 5) is 0. The zero-order valence-corrected chi connectivity index (χ0v) is 12.7. The number of hydrogen-bond acceptors (Lipinski definition) is 1. The van der Waals surface area contributed by atoms with Gasteiger partial charge in [0.1, 0.15) is 0 Å². The Morgan fingerprint density at radius 2 is 1.95 bits per heavy atom. The maximum Gasteiger partial charge on any atom is 0.0331 e. The Hall–Kier alpha value is -1.12. The summed E-state index contributed by atoms with van der Waals surface area (Å²) in [5.41, 5.74) is 4.30. The van der Waals surface area contributed by atoms with E-state index in [0.717, 1.165) is 0 Å². The molecule has 2 heteroatoms. The highest BCUT2D eigenvalue weighted by Crippen LogP contribution is 2.34. The van der Waals surface area contributed by atoms with Crippen molar-refractivity contribution in [3.05, 3.63) is 69.7 Å². The molecule has 0 heterocycles. The lowest BCUT2D eigenvalue weighted by Gasteiger charge is -2.20. The monoisotopic (exact) mass is 315 g/mol. The normalized spacial score (nSPS) is 19.2. The van der Waals surface area contributed by atoms with Crippen molar-refractivity contribution in [1.82, 2.24) is 5.32 Å². The largest absolute Gasteiger partial charge is 0.303 e. The van der Waals surface area contributed by atoms with E-state index < -0.39 is 0 Å². The summed E-state index contributed by atoms with van der Waals surface area (Å²) in [6, 6.07) is 18.2. The molecular formula is C17H18BrN. The van der Waals surface area contributed by atoms with E-state index in [2.05, 4.69) is 76.7 Å². The van der Waals surface area contributed by atoms with Crippen LogP contribution in [0.15, 0.2) is 53.0 Å². The van der Waals surface area contributed by atoms with Crippen LogP contribution >= 0.6 is 15.9 Å². The van der Waals surface area contributed by atoms with Crippen LogP contribution in [0.4, 0.5) is 0 Å². The quantitative estimate of drug-likeness (QED) is 0.859. The van der Waals surface area contributed by atoms with Crippen molar-refractivity contribution in [3.8, 4) is 0 Å². The van der Waals surface area contributed by atoms with Crippen molar-refractivity contribution < 1.29 is 0 Å². The van der Waals surface area contributed by atoms with Gasteiger partial charge < -0.3 is 5.32 Å². The van der Waals surface area contributed by atoms with Crippen molar-refractivity contribution in [2.45, 2.75) is 31.8 Å². The highest BCUT2D eigenvalue weighted by Gasteiger charge is 2.23. The molecule has 1 aliphatic rings. The van der Waals surface area contributed by atoms with Crippen LogP contribution in [-0.4, -0.2) is 0 Å². The SMILES string of the molecule is CC(NC1CCc2cc(Br)ccc21)c1ccccc1. The number of halogens is 1. The van der Waals surface area contributed by atoms with Crippen molar-refractivity contribution in [3.63, 3.8) is 0 Å². The summed E-state index contributed by atoms with van der Waals surface area (Å²) in [6.07, 6.45) is 2.37. The molecule has 98 valence electrons. The predicted molar refractivity (Wildman–Crippen MR) is 83.2 cm³/mol. The highest BCUT2D eigenvalue weighted by molar-refractivity contribution is 9.10. The molecule has 0 aliphatic heterocycles. The number of benzene rings is 2. The van der Waals surface area contributed by atoms with Crippen LogP contribution in [0.25, 0.3) is 0 Å². The van der Waals surface area contributed by atoms with Crippen molar-refractivity contribution in [2.24, 2.45) is 0 Å². The Bertz CT molecular complexity index is 565. The third-order valence-corrected chi connectivity index (χ3v) is 4.43. The minimum absolute atomic E-state index is 0.390. The standard InChI is InChI=1S/C17H18BrN/c1-12(13-5-3-2-4-6-13)19-17-10-7-14-11-15(18)8-9-16(14)17/h2-6,8-9,11-12,17,19H,7,10H2,1H3. The second kappa shape index (κ2) is 5.48. The molecule has 0 bridgehead atoms. The molecule has 1 N–H and O–H groups in total. The molecule has 0 radical (unpaired) electrons. The summed E-state index contributed by atoms with van der Waals surface area (Å²) in [5.74, 6) is 0. The minimum Gasteiger partial charge on any atom is -0.303 e. The first-order chi connectivity index (χ1) is 9.24. The van der Waals surface area contributed by atoms with Crippen LogP contribution in [0.5, 0.6) is 0 Å².